The van der Waals surface area contributed by atoms with Crippen molar-refractivity contribution in [3.8, 4) is 0 Å². The minimum Gasteiger partial charge on any atom is -0.352 e. The van der Waals surface area contributed by atoms with Gasteiger partial charge in [-0.2, -0.15) is 0 Å². The molecule has 0 aliphatic heterocycles. The average molecular weight is 387 g/mol. The number of halogens is 1. The maximum absolute atomic E-state index is 13.0. The molecule has 0 unspecified atom stereocenters. The van der Waals surface area contributed by atoms with Crippen molar-refractivity contribution in [3.63, 3.8) is 0 Å². The van der Waals surface area contributed by atoms with Gasteiger partial charge >= 0.3 is 0 Å². The molecular formula is C22H27ClN2O2. The van der Waals surface area contributed by atoms with Gasteiger partial charge in [0.15, 0.2) is 0 Å². The Balaban J connectivity index is 2.14. The summed E-state index contributed by atoms with van der Waals surface area (Å²) in [5.74, 6) is -0.203. The van der Waals surface area contributed by atoms with Crippen LogP contribution >= 0.6 is 11.6 Å². The van der Waals surface area contributed by atoms with Crippen LogP contribution in [0.2, 0.25) is 5.02 Å². The van der Waals surface area contributed by atoms with E-state index in [4.69, 9.17) is 11.6 Å². The fraction of sp³-hybridized carbons (Fsp3) is 0.364. The van der Waals surface area contributed by atoms with Crippen molar-refractivity contribution in [2.24, 2.45) is 0 Å². The Morgan fingerprint density at radius 2 is 1.67 bits per heavy atom. The molecule has 2 aromatic rings. The molecule has 0 aliphatic carbocycles. The summed E-state index contributed by atoms with van der Waals surface area (Å²) in [6.07, 6.45) is 0.994. The predicted molar refractivity (Wildman–Crippen MR) is 110 cm³/mol. The smallest absolute Gasteiger partial charge is 0.242 e. The van der Waals surface area contributed by atoms with Crippen LogP contribution < -0.4 is 5.32 Å². The van der Waals surface area contributed by atoms with Crippen LogP contribution in [0.15, 0.2) is 54.6 Å². The second kappa shape index (κ2) is 10.1. The molecule has 0 saturated carbocycles. The van der Waals surface area contributed by atoms with E-state index >= 15 is 0 Å². The van der Waals surface area contributed by atoms with Gasteiger partial charge in [0.1, 0.15) is 6.04 Å². The van der Waals surface area contributed by atoms with E-state index in [1.54, 1.807) is 17.9 Å². The molecule has 1 atom stereocenters. The number of carbonyl (C=O) groups is 2. The minimum atomic E-state index is -0.561. The van der Waals surface area contributed by atoms with Gasteiger partial charge in [-0.05, 0) is 50.5 Å². The Hall–Kier alpha value is -2.33. The molecule has 2 rings (SSSR count). The summed E-state index contributed by atoms with van der Waals surface area (Å²) in [6.45, 7) is 5.93. The van der Waals surface area contributed by atoms with Crippen LogP contribution in [0.4, 0.5) is 0 Å². The first kappa shape index (κ1) is 21.0. The lowest BCUT2D eigenvalue weighted by atomic mass is 10.1. The zero-order valence-electron chi connectivity index (χ0n) is 16.1. The fourth-order valence-corrected chi connectivity index (χ4v) is 3.07. The van der Waals surface area contributed by atoms with Crippen LogP contribution in [0.3, 0.4) is 0 Å². The number of hydrogen-bond acceptors (Lipinski definition) is 2. The van der Waals surface area contributed by atoms with Crippen molar-refractivity contribution < 1.29 is 9.59 Å². The van der Waals surface area contributed by atoms with Gasteiger partial charge in [-0.3, -0.25) is 9.59 Å². The van der Waals surface area contributed by atoms with Crippen molar-refractivity contribution in [2.75, 3.05) is 0 Å². The maximum atomic E-state index is 13.0. The van der Waals surface area contributed by atoms with Crippen LogP contribution in [-0.2, 0) is 22.6 Å². The number of hydrogen-bond donors (Lipinski definition) is 1. The first-order valence-electron chi connectivity index (χ1n) is 9.25. The van der Waals surface area contributed by atoms with Gasteiger partial charge in [0.2, 0.25) is 11.8 Å². The van der Waals surface area contributed by atoms with E-state index < -0.39 is 6.04 Å². The largest absolute Gasteiger partial charge is 0.352 e. The van der Waals surface area contributed by atoms with Crippen molar-refractivity contribution in [1.29, 1.82) is 0 Å². The van der Waals surface area contributed by atoms with E-state index in [2.05, 4.69) is 5.32 Å². The number of nitrogens with zero attached hydrogens (tertiary/aromatic N) is 1. The summed E-state index contributed by atoms with van der Waals surface area (Å²) in [7, 11) is 0. The SMILES string of the molecule is CC(C)NC(=O)[C@@H](C)N(Cc1cccc(Cl)c1)C(=O)CCc1ccccc1. The summed E-state index contributed by atoms with van der Waals surface area (Å²) in [5, 5.41) is 3.50. The second-order valence-corrected chi connectivity index (χ2v) is 7.41. The quantitative estimate of drug-likeness (QED) is 0.738. The molecule has 0 saturated heterocycles. The number of carbonyl (C=O) groups excluding carboxylic acids is 2. The van der Waals surface area contributed by atoms with E-state index in [-0.39, 0.29) is 17.9 Å². The lowest BCUT2D eigenvalue weighted by Gasteiger charge is -2.29. The van der Waals surface area contributed by atoms with Crippen molar-refractivity contribution in [1.82, 2.24) is 10.2 Å². The van der Waals surface area contributed by atoms with E-state index in [0.717, 1.165) is 11.1 Å². The lowest BCUT2D eigenvalue weighted by Crippen LogP contribution is -2.49. The maximum Gasteiger partial charge on any atom is 0.242 e. The van der Waals surface area contributed by atoms with E-state index in [0.29, 0.717) is 24.4 Å². The van der Waals surface area contributed by atoms with Crippen molar-refractivity contribution in [2.45, 2.75) is 52.2 Å². The standard InChI is InChI=1S/C22H27ClN2O2/c1-16(2)24-22(27)17(3)25(15-19-10-7-11-20(23)14-19)21(26)13-12-18-8-5-4-6-9-18/h4-11,14,16-17H,12-13,15H2,1-3H3,(H,24,27)/t17-/m1/s1. The van der Waals surface area contributed by atoms with Gasteiger partial charge in [-0.1, -0.05) is 54.1 Å². The molecule has 4 nitrogen and oxygen atoms in total. The Bertz CT molecular complexity index is 762. The summed E-state index contributed by atoms with van der Waals surface area (Å²) in [4.78, 5) is 27.1. The molecule has 0 heterocycles. The van der Waals surface area contributed by atoms with E-state index in [1.165, 1.54) is 0 Å². The van der Waals surface area contributed by atoms with E-state index in [9.17, 15) is 9.59 Å². The van der Waals surface area contributed by atoms with Gasteiger partial charge in [0.05, 0.1) is 0 Å². The van der Waals surface area contributed by atoms with Crippen LogP contribution in [-0.4, -0.2) is 28.8 Å². The molecule has 0 bridgehead atoms. The van der Waals surface area contributed by atoms with Gasteiger partial charge in [0.25, 0.3) is 0 Å². The number of aryl methyl sites for hydroxylation is 1. The predicted octanol–water partition coefficient (Wildman–Crippen LogP) is 4.21. The minimum absolute atomic E-state index is 0.0207. The van der Waals surface area contributed by atoms with Crippen molar-refractivity contribution in [3.05, 3.63) is 70.7 Å². The van der Waals surface area contributed by atoms with E-state index in [1.807, 2.05) is 62.4 Å². The number of rotatable bonds is 8. The highest BCUT2D eigenvalue weighted by Crippen LogP contribution is 2.16. The lowest BCUT2D eigenvalue weighted by molar-refractivity contribution is -0.140. The Labute approximate surface area is 166 Å². The molecule has 0 fully saturated rings. The fourth-order valence-electron chi connectivity index (χ4n) is 2.86. The summed E-state index contributed by atoms with van der Waals surface area (Å²) in [6, 6.07) is 16.7. The summed E-state index contributed by atoms with van der Waals surface area (Å²) < 4.78 is 0. The zero-order chi connectivity index (χ0) is 19.8. The Morgan fingerprint density at radius 3 is 2.30 bits per heavy atom. The molecule has 0 aromatic heterocycles. The van der Waals surface area contributed by atoms with Crippen LogP contribution in [0, 0.1) is 0 Å². The third-order valence-electron chi connectivity index (χ3n) is 4.31. The molecule has 0 radical (unpaired) electrons. The normalized spacial score (nSPS) is 11.9. The first-order valence-corrected chi connectivity index (χ1v) is 9.63. The molecule has 27 heavy (non-hydrogen) atoms. The van der Waals surface area contributed by atoms with Gasteiger partial charge in [0, 0.05) is 24.0 Å². The van der Waals surface area contributed by atoms with Crippen molar-refractivity contribution >= 4 is 23.4 Å². The van der Waals surface area contributed by atoms with Crippen LogP contribution in [0.25, 0.3) is 0 Å². The monoisotopic (exact) mass is 386 g/mol. The summed E-state index contributed by atoms with van der Waals surface area (Å²) in [5.41, 5.74) is 2.01. The first-order chi connectivity index (χ1) is 12.9. The highest BCUT2D eigenvalue weighted by Gasteiger charge is 2.26. The third kappa shape index (κ3) is 6.72. The molecule has 5 heteroatoms. The van der Waals surface area contributed by atoms with Crippen LogP contribution in [0.5, 0.6) is 0 Å². The molecule has 0 spiro atoms. The highest BCUT2D eigenvalue weighted by atomic mass is 35.5. The number of nitrogens with one attached hydrogen (secondary N) is 1. The molecular weight excluding hydrogens is 360 g/mol. The molecule has 2 amide bonds. The second-order valence-electron chi connectivity index (χ2n) is 6.98. The average Bonchev–Trinajstić information content (AvgIpc) is 2.64. The number of benzene rings is 2. The van der Waals surface area contributed by atoms with Crippen LogP contribution in [0.1, 0.15) is 38.3 Å². The highest BCUT2D eigenvalue weighted by molar-refractivity contribution is 6.30. The molecule has 0 aliphatic rings. The Morgan fingerprint density at radius 1 is 1.00 bits per heavy atom. The number of amides is 2. The molecule has 1 N–H and O–H groups in total. The molecule has 144 valence electrons. The van der Waals surface area contributed by atoms with Gasteiger partial charge < -0.3 is 10.2 Å². The topological polar surface area (TPSA) is 49.4 Å². The zero-order valence-corrected chi connectivity index (χ0v) is 16.9. The summed E-state index contributed by atoms with van der Waals surface area (Å²) >= 11 is 6.08. The molecule has 2 aromatic carbocycles. The van der Waals surface area contributed by atoms with Gasteiger partial charge in [-0.15, -0.1) is 0 Å². The third-order valence-corrected chi connectivity index (χ3v) is 4.55. The van der Waals surface area contributed by atoms with Gasteiger partial charge in [-0.25, -0.2) is 0 Å². The Kier molecular flexibility index (Phi) is 7.86.